The van der Waals surface area contributed by atoms with Crippen LogP contribution >= 0.6 is 0 Å². The van der Waals surface area contributed by atoms with E-state index in [1.165, 1.54) is 0 Å². The van der Waals surface area contributed by atoms with Gasteiger partial charge in [0.25, 0.3) is 0 Å². The SMILES string of the molecule is CNCCc1nc2ccccc2n1C(C)C(=O)O. The van der Waals surface area contributed by atoms with Gasteiger partial charge in [-0.1, -0.05) is 12.1 Å². The van der Waals surface area contributed by atoms with Gasteiger partial charge in [0.05, 0.1) is 11.0 Å². The van der Waals surface area contributed by atoms with Crippen LogP contribution in [-0.4, -0.2) is 34.2 Å². The lowest BCUT2D eigenvalue weighted by Crippen LogP contribution is -2.20. The van der Waals surface area contributed by atoms with Crippen LogP contribution in [0.1, 0.15) is 18.8 Å². The molecule has 1 unspecified atom stereocenters. The Balaban J connectivity index is 2.53. The topological polar surface area (TPSA) is 67.2 Å². The first-order chi connectivity index (χ1) is 8.65. The van der Waals surface area contributed by atoms with Crippen LogP contribution in [0.5, 0.6) is 0 Å². The molecule has 0 aliphatic carbocycles. The lowest BCUT2D eigenvalue weighted by atomic mass is 10.2. The van der Waals surface area contributed by atoms with E-state index in [1.807, 2.05) is 31.3 Å². The third-order valence-corrected chi connectivity index (χ3v) is 3.01. The van der Waals surface area contributed by atoms with Crippen molar-refractivity contribution in [1.29, 1.82) is 0 Å². The van der Waals surface area contributed by atoms with Crippen LogP contribution in [-0.2, 0) is 11.2 Å². The van der Waals surface area contributed by atoms with E-state index < -0.39 is 12.0 Å². The first-order valence-electron chi connectivity index (χ1n) is 5.98. The van der Waals surface area contributed by atoms with Crippen LogP contribution in [0, 0.1) is 0 Å². The summed E-state index contributed by atoms with van der Waals surface area (Å²) >= 11 is 0. The fraction of sp³-hybridized carbons (Fsp3) is 0.385. The van der Waals surface area contributed by atoms with E-state index >= 15 is 0 Å². The van der Waals surface area contributed by atoms with Gasteiger partial charge in [0.15, 0.2) is 0 Å². The number of fused-ring (bicyclic) bond motifs is 1. The molecule has 0 aliphatic rings. The highest BCUT2D eigenvalue weighted by molar-refractivity contribution is 5.80. The number of likely N-dealkylation sites (N-methyl/N-ethyl adjacent to an activating group) is 1. The predicted molar refractivity (Wildman–Crippen MR) is 69.7 cm³/mol. The van der Waals surface area contributed by atoms with Gasteiger partial charge in [-0.2, -0.15) is 0 Å². The molecule has 0 aliphatic heterocycles. The first-order valence-corrected chi connectivity index (χ1v) is 5.98. The number of benzene rings is 1. The molecule has 5 nitrogen and oxygen atoms in total. The zero-order chi connectivity index (χ0) is 13.1. The zero-order valence-electron chi connectivity index (χ0n) is 10.6. The summed E-state index contributed by atoms with van der Waals surface area (Å²) in [7, 11) is 1.87. The second-order valence-corrected chi connectivity index (χ2v) is 4.25. The van der Waals surface area contributed by atoms with Crippen molar-refractivity contribution in [3.05, 3.63) is 30.1 Å². The Morgan fingerprint density at radius 1 is 1.50 bits per heavy atom. The molecule has 0 saturated heterocycles. The Hall–Kier alpha value is -1.88. The molecule has 96 valence electrons. The van der Waals surface area contributed by atoms with Gasteiger partial charge in [-0.3, -0.25) is 0 Å². The number of rotatable bonds is 5. The maximum absolute atomic E-state index is 11.2. The molecule has 0 spiro atoms. The Kier molecular flexibility index (Phi) is 3.62. The van der Waals surface area contributed by atoms with E-state index in [0.29, 0.717) is 6.42 Å². The van der Waals surface area contributed by atoms with Crippen LogP contribution in [0.2, 0.25) is 0 Å². The molecule has 18 heavy (non-hydrogen) atoms. The monoisotopic (exact) mass is 247 g/mol. The predicted octanol–water partition coefficient (Wildman–Crippen LogP) is 1.44. The summed E-state index contributed by atoms with van der Waals surface area (Å²) in [5.74, 6) is -0.0377. The molecule has 0 amide bonds. The van der Waals surface area contributed by atoms with Gasteiger partial charge < -0.3 is 15.0 Å². The number of nitrogens with zero attached hydrogens (tertiary/aromatic N) is 2. The number of carboxylic acids is 1. The quantitative estimate of drug-likeness (QED) is 0.839. The van der Waals surface area contributed by atoms with Crippen molar-refractivity contribution >= 4 is 17.0 Å². The number of nitrogens with one attached hydrogen (secondary N) is 1. The number of imidazole rings is 1. The summed E-state index contributed by atoms with van der Waals surface area (Å²) in [6.07, 6.45) is 0.711. The maximum atomic E-state index is 11.2. The number of carboxylic acid groups (broad SMARTS) is 1. The second-order valence-electron chi connectivity index (χ2n) is 4.25. The van der Waals surface area contributed by atoms with Gasteiger partial charge in [0.2, 0.25) is 0 Å². The van der Waals surface area contributed by atoms with Crippen molar-refractivity contribution < 1.29 is 9.90 Å². The standard InChI is InChI=1S/C13H17N3O2/c1-9(13(17)18)16-11-6-4-3-5-10(11)15-12(16)7-8-14-2/h3-6,9,14H,7-8H2,1-2H3,(H,17,18). The first kappa shape index (κ1) is 12.6. The van der Waals surface area contributed by atoms with Crippen LogP contribution in [0.25, 0.3) is 11.0 Å². The Bertz CT molecular complexity index is 562. The number of aliphatic carboxylic acids is 1. The van der Waals surface area contributed by atoms with Crippen molar-refractivity contribution in [3.8, 4) is 0 Å². The fourth-order valence-electron chi connectivity index (χ4n) is 2.05. The molecule has 1 aromatic carbocycles. The minimum Gasteiger partial charge on any atom is -0.480 e. The molecule has 0 bridgehead atoms. The number of hydrogen-bond donors (Lipinski definition) is 2. The lowest BCUT2D eigenvalue weighted by Gasteiger charge is -2.13. The molecule has 0 radical (unpaired) electrons. The van der Waals surface area contributed by atoms with Crippen LogP contribution < -0.4 is 5.32 Å². The number of hydrogen-bond acceptors (Lipinski definition) is 3. The Labute approximate surface area is 105 Å². The van der Waals surface area contributed by atoms with Gasteiger partial charge in [0.1, 0.15) is 11.9 Å². The van der Waals surface area contributed by atoms with Crippen molar-refractivity contribution in [3.63, 3.8) is 0 Å². The summed E-state index contributed by atoms with van der Waals surface area (Å²) in [6.45, 7) is 2.45. The summed E-state index contributed by atoms with van der Waals surface area (Å²) in [5.41, 5.74) is 1.72. The van der Waals surface area contributed by atoms with Crippen LogP contribution in [0.3, 0.4) is 0 Å². The van der Waals surface area contributed by atoms with E-state index in [9.17, 15) is 9.90 Å². The largest absolute Gasteiger partial charge is 0.480 e. The van der Waals surface area contributed by atoms with E-state index in [4.69, 9.17) is 0 Å². The maximum Gasteiger partial charge on any atom is 0.326 e. The summed E-state index contributed by atoms with van der Waals surface area (Å²) in [5, 5.41) is 12.3. The van der Waals surface area contributed by atoms with E-state index in [-0.39, 0.29) is 0 Å². The molecular formula is C13H17N3O2. The number of carbonyl (C=O) groups is 1. The van der Waals surface area contributed by atoms with Gasteiger partial charge in [0, 0.05) is 13.0 Å². The molecule has 1 heterocycles. The average molecular weight is 247 g/mol. The molecule has 2 N–H and O–H groups in total. The van der Waals surface area contributed by atoms with Gasteiger partial charge in [-0.05, 0) is 26.1 Å². The van der Waals surface area contributed by atoms with Crippen molar-refractivity contribution in [2.75, 3.05) is 13.6 Å². The van der Waals surface area contributed by atoms with E-state index in [2.05, 4.69) is 10.3 Å². The van der Waals surface area contributed by atoms with E-state index in [0.717, 1.165) is 23.4 Å². The van der Waals surface area contributed by atoms with Gasteiger partial charge >= 0.3 is 5.97 Å². The Morgan fingerprint density at radius 2 is 2.22 bits per heavy atom. The lowest BCUT2D eigenvalue weighted by molar-refractivity contribution is -0.140. The van der Waals surface area contributed by atoms with Gasteiger partial charge in [-0.25, -0.2) is 9.78 Å². The van der Waals surface area contributed by atoms with Crippen molar-refractivity contribution in [2.24, 2.45) is 0 Å². The minimum absolute atomic E-state index is 0.607. The van der Waals surface area contributed by atoms with Crippen LogP contribution in [0.15, 0.2) is 24.3 Å². The summed E-state index contributed by atoms with van der Waals surface area (Å²) in [4.78, 5) is 15.7. The molecule has 1 atom stereocenters. The Morgan fingerprint density at radius 3 is 2.89 bits per heavy atom. The molecule has 5 heteroatoms. The molecule has 2 aromatic rings. The third-order valence-electron chi connectivity index (χ3n) is 3.01. The average Bonchev–Trinajstić information content (AvgIpc) is 2.73. The normalized spacial score (nSPS) is 12.8. The smallest absolute Gasteiger partial charge is 0.326 e. The minimum atomic E-state index is -0.844. The van der Waals surface area contributed by atoms with Gasteiger partial charge in [-0.15, -0.1) is 0 Å². The van der Waals surface area contributed by atoms with Crippen LogP contribution in [0.4, 0.5) is 0 Å². The highest BCUT2D eigenvalue weighted by Gasteiger charge is 2.20. The highest BCUT2D eigenvalue weighted by Crippen LogP contribution is 2.21. The fourth-order valence-corrected chi connectivity index (χ4v) is 2.05. The van der Waals surface area contributed by atoms with E-state index in [1.54, 1.807) is 11.5 Å². The summed E-state index contributed by atoms with van der Waals surface area (Å²) in [6, 6.07) is 7.02. The molecule has 0 saturated carbocycles. The highest BCUT2D eigenvalue weighted by atomic mass is 16.4. The van der Waals surface area contributed by atoms with Crippen molar-refractivity contribution in [1.82, 2.24) is 14.9 Å². The second kappa shape index (κ2) is 5.18. The summed E-state index contributed by atoms with van der Waals surface area (Å²) < 4.78 is 1.80. The number of aromatic nitrogens is 2. The molecule has 1 aromatic heterocycles. The molecular weight excluding hydrogens is 230 g/mol. The van der Waals surface area contributed by atoms with Crippen molar-refractivity contribution in [2.45, 2.75) is 19.4 Å². The zero-order valence-corrected chi connectivity index (χ0v) is 10.6. The molecule has 0 fully saturated rings. The molecule has 2 rings (SSSR count). The third kappa shape index (κ3) is 2.22. The number of para-hydroxylation sites is 2.